The number of carbonyl (C=O) groups is 1. The van der Waals surface area contributed by atoms with Crippen molar-refractivity contribution >= 4 is 5.97 Å². The summed E-state index contributed by atoms with van der Waals surface area (Å²) in [6, 6.07) is 0. The molecule has 1 aliphatic heterocycles. The molecule has 0 aliphatic carbocycles. The molecule has 1 N–H and O–H groups in total. The molecule has 0 amide bonds. The van der Waals surface area contributed by atoms with Crippen molar-refractivity contribution in [3.05, 3.63) is 12.7 Å². The number of aliphatic hydroxyl groups is 1. The second-order valence-corrected chi connectivity index (χ2v) is 4.15. The number of ether oxygens (including phenoxy) is 3. The molecule has 1 rings (SSSR count). The number of aliphatic hydroxyl groups excluding tert-OH is 1. The maximum absolute atomic E-state index is 11.2. The number of hydrogen-bond acceptors (Lipinski definition) is 5. The third-order valence-electron chi connectivity index (χ3n) is 2.54. The predicted octanol–water partition coefficient (Wildman–Crippen LogP) is 0.474. The normalized spacial score (nSPS) is 27.1. The van der Waals surface area contributed by atoms with Gasteiger partial charge in [0.05, 0.1) is 19.8 Å². The summed E-state index contributed by atoms with van der Waals surface area (Å²) in [7, 11) is 1.22. The van der Waals surface area contributed by atoms with E-state index in [2.05, 4.69) is 11.3 Å². The highest BCUT2D eigenvalue weighted by atomic mass is 16.7. The second kappa shape index (κ2) is 4.95. The van der Waals surface area contributed by atoms with E-state index >= 15 is 0 Å². The SMILES string of the molecule is C=C[C@H](C(O)C(=O)OC)[C@H]1COC(C)(C)O1. The van der Waals surface area contributed by atoms with Crippen molar-refractivity contribution in [3.8, 4) is 0 Å². The Balaban J connectivity index is 2.69. The summed E-state index contributed by atoms with van der Waals surface area (Å²) in [5.74, 6) is -1.92. The average molecular weight is 230 g/mol. The van der Waals surface area contributed by atoms with E-state index in [0.717, 1.165) is 0 Å². The largest absolute Gasteiger partial charge is 0.467 e. The van der Waals surface area contributed by atoms with E-state index in [1.54, 1.807) is 13.8 Å². The fourth-order valence-electron chi connectivity index (χ4n) is 1.67. The molecule has 1 saturated heterocycles. The van der Waals surface area contributed by atoms with Gasteiger partial charge in [0.2, 0.25) is 0 Å². The average Bonchev–Trinajstić information content (AvgIpc) is 2.58. The van der Waals surface area contributed by atoms with Gasteiger partial charge in [-0.15, -0.1) is 6.58 Å². The van der Waals surface area contributed by atoms with E-state index in [1.165, 1.54) is 13.2 Å². The first-order chi connectivity index (χ1) is 7.41. The van der Waals surface area contributed by atoms with Gasteiger partial charge in [0, 0.05) is 5.92 Å². The lowest BCUT2D eigenvalue weighted by molar-refractivity contribution is -0.162. The molecule has 0 saturated carbocycles. The van der Waals surface area contributed by atoms with Crippen molar-refractivity contribution in [1.82, 2.24) is 0 Å². The minimum absolute atomic E-state index is 0.317. The number of methoxy groups -OCH3 is 1. The maximum Gasteiger partial charge on any atom is 0.335 e. The number of carbonyl (C=O) groups excluding carboxylic acids is 1. The molecular weight excluding hydrogens is 212 g/mol. The van der Waals surface area contributed by atoms with E-state index in [0.29, 0.717) is 6.61 Å². The highest BCUT2D eigenvalue weighted by Gasteiger charge is 2.41. The summed E-state index contributed by atoms with van der Waals surface area (Å²) in [5, 5.41) is 9.73. The van der Waals surface area contributed by atoms with Crippen LogP contribution < -0.4 is 0 Å². The highest BCUT2D eigenvalue weighted by Crippen LogP contribution is 2.29. The van der Waals surface area contributed by atoms with Crippen LogP contribution in [0, 0.1) is 5.92 Å². The first kappa shape index (κ1) is 13.2. The van der Waals surface area contributed by atoms with E-state index < -0.39 is 23.8 Å². The van der Waals surface area contributed by atoms with Gasteiger partial charge in [0.15, 0.2) is 11.9 Å². The van der Waals surface area contributed by atoms with Crippen molar-refractivity contribution in [3.63, 3.8) is 0 Å². The highest BCUT2D eigenvalue weighted by molar-refractivity contribution is 5.75. The third kappa shape index (κ3) is 2.81. The van der Waals surface area contributed by atoms with Gasteiger partial charge in [-0.2, -0.15) is 0 Å². The van der Waals surface area contributed by atoms with Crippen molar-refractivity contribution in [2.75, 3.05) is 13.7 Å². The molecule has 0 aromatic rings. The summed E-state index contributed by atoms with van der Waals surface area (Å²) in [4.78, 5) is 11.2. The van der Waals surface area contributed by atoms with Gasteiger partial charge < -0.3 is 19.3 Å². The maximum atomic E-state index is 11.2. The van der Waals surface area contributed by atoms with Crippen molar-refractivity contribution in [2.24, 2.45) is 5.92 Å². The van der Waals surface area contributed by atoms with Gasteiger partial charge in [-0.1, -0.05) is 6.08 Å². The zero-order valence-corrected chi connectivity index (χ0v) is 9.80. The molecule has 1 heterocycles. The van der Waals surface area contributed by atoms with Crippen molar-refractivity contribution < 1.29 is 24.1 Å². The minimum Gasteiger partial charge on any atom is -0.467 e. The molecule has 1 fully saturated rings. The van der Waals surface area contributed by atoms with Gasteiger partial charge in [-0.3, -0.25) is 0 Å². The fraction of sp³-hybridized carbons (Fsp3) is 0.727. The monoisotopic (exact) mass is 230 g/mol. The lowest BCUT2D eigenvalue weighted by atomic mass is 9.96. The zero-order valence-electron chi connectivity index (χ0n) is 9.80. The van der Waals surface area contributed by atoms with E-state index in [1.807, 2.05) is 0 Å². The van der Waals surface area contributed by atoms with E-state index in [4.69, 9.17) is 9.47 Å². The quantitative estimate of drug-likeness (QED) is 0.562. The standard InChI is InChI=1S/C11H18O5/c1-5-7(9(12)10(13)14-4)8-6-15-11(2,3)16-8/h5,7-9,12H,1,6H2,2-4H3/t7-,8+,9?/m0/s1. The summed E-state index contributed by atoms with van der Waals surface area (Å²) in [6.07, 6.45) is -0.177. The number of esters is 1. The lowest BCUT2D eigenvalue weighted by Crippen LogP contribution is -2.38. The molecule has 0 aromatic heterocycles. The van der Waals surface area contributed by atoms with Crippen LogP contribution in [0.1, 0.15) is 13.8 Å². The molecule has 1 aliphatic rings. The van der Waals surface area contributed by atoms with Gasteiger partial charge in [-0.25, -0.2) is 4.79 Å². The van der Waals surface area contributed by atoms with Crippen LogP contribution in [0.25, 0.3) is 0 Å². The Labute approximate surface area is 95.0 Å². The topological polar surface area (TPSA) is 65.0 Å². The van der Waals surface area contributed by atoms with Crippen LogP contribution in [-0.4, -0.2) is 42.8 Å². The lowest BCUT2D eigenvalue weighted by Gasteiger charge is -2.24. The summed E-state index contributed by atoms with van der Waals surface area (Å²) in [6.45, 7) is 7.46. The molecule has 0 bridgehead atoms. The van der Waals surface area contributed by atoms with E-state index in [9.17, 15) is 9.90 Å². The summed E-state index contributed by atoms with van der Waals surface area (Å²) < 4.78 is 15.4. The molecular formula is C11H18O5. The molecule has 0 spiro atoms. The minimum atomic E-state index is -1.27. The van der Waals surface area contributed by atoms with Crippen LogP contribution in [0.5, 0.6) is 0 Å². The van der Waals surface area contributed by atoms with Crippen LogP contribution in [0.15, 0.2) is 12.7 Å². The summed E-state index contributed by atoms with van der Waals surface area (Å²) >= 11 is 0. The molecule has 16 heavy (non-hydrogen) atoms. The molecule has 5 heteroatoms. The first-order valence-electron chi connectivity index (χ1n) is 5.11. The van der Waals surface area contributed by atoms with Gasteiger partial charge in [-0.05, 0) is 13.8 Å². The fourth-order valence-corrected chi connectivity index (χ4v) is 1.67. The van der Waals surface area contributed by atoms with Gasteiger partial charge >= 0.3 is 5.97 Å². The van der Waals surface area contributed by atoms with Gasteiger partial charge in [0.25, 0.3) is 0 Å². The van der Waals surface area contributed by atoms with Crippen LogP contribution >= 0.6 is 0 Å². The summed E-state index contributed by atoms with van der Waals surface area (Å²) in [5.41, 5.74) is 0. The Kier molecular flexibility index (Phi) is 4.07. The smallest absolute Gasteiger partial charge is 0.335 e. The van der Waals surface area contributed by atoms with Crippen LogP contribution in [0.3, 0.4) is 0 Å². The number of hydrogen-bond donors (Lipinski definition) is 1. The van der Waals surface area contributed by atoms with E-state index in [-0.39, 0.29) is 6.10 Å². The second-order valence-electron chi connectivity index (χ2n) is 4.15. The van der Waals surface area contributed by atoms with Crippen molar-refractivity contribution in [1.29, 1.82) is 0 Å². The molecule has 1 unspecified atom stereocenters. The Hall–Kier alpha value is -0.910. The molecule has 0 aromatic carbocycles. The van der Waals surface area contributed by atoms with Gasteiger partial charge in [0.1, 0.15) is 0 Å². The number of rotatable bonds is 4. The van der Waals surface area contributed by atoms with Crippen molar-refractivity contribution in [2.45, 2.75) is 31.8 Å². The molecule has 5 nitrogen and oxygen atoms in total. The molecule has 0 radical (unpaired) electrons. The Morgan fingerprint density at radius 1 is 1.69 bits per heavy atom. The third-order valence-corrected chi connectivity index (χ3v) is 2.54. The van der Waals surface area contributed by atoms with Crippen LogP contribution in [0.2, 0.25) is 0 Å². The molecule has 92 valence electrons. The Bertz CT molecular complexity index is 274. The predicted molar refractivity (Wildman–Crippen MR) is 56.6 cm³/mol. The van der Waals surface area contributed by atoms with Crippen LogP contribution in [-0.2, 0) is 19.0 Å². The van der Waals surface area contributed by atoms with Crippen LogP contribution in [0.4, 0.5) is 0 Å². The zero-order chi connectivity index (χ0) is 12.3. The Morgan fingerprint density at radius 2 is 2.31 bits per heavy atom. The first-order valence-corrected chi connectivity index (χ1v) is 5.11. The molecule has 3 atom stereocenters. The Morgan fingerprint density at radius 3 is 2.69 bits per heavy atom.